The number of rotatable bonds is 5. The Kier molecular flexibility index (Phi) is 5.69. The second-order valence-corrected chi connectivity index (χ2v) is 7.86. The van der Waals surface area contributed by atoms with Gasteiger partial charge in [0.25, 0.3) is 11.8 Å². The van der Waals surface area contributed by atoms with E-state index in [4.69, 9.17) is 5.26 Å². The fourth-order valence-corrected chi connectivity index (χ4v) is 3.80. The number of aromatic nitrogens is 1. The molecule has 1 aliphatic heterocycles. The SMILES string of the molecule is CC[C@H](c1cccnc1)N1C(=O)[C@](C)(S)N(C)C(=O)[C@@]1(S)CCC#N. The molecule has 0 bridgehead atoms. The van der Waals surface area contributed by atoms with Gasteiger partial charge in [-0.05, 0) is 25.0 Å². The van der Waals surface area contributed by atoms with Crippen LogP contribution >= 0.6 is 25.3 Å². The molecule has 1 aliphatic rings. The van der Waals surface area contributed by atoms with E-state index in [9.17, 15) is 9.59 Å². The second kappa shape index (κ2) is 7.26. The Balaban J connectivity index is 2.60. The summed E-state index contributed by atoms with van der Waals surface area (Å²) in [5, 5.41) is 8.99. The first-order valence-corrected chi connectivity index (χ1v) is 8.94. The van der Waals surface area contributed by atoms with Crippen molar-refractivity contribution < 1.29 is 9.59 Å². The topological polar surface area (TPSA) is 77.3 Å². The van der Waals surface area contributed by atoms with Crippen LogP contribution in [0.15, 0.2) is 24.5 Å². The maximum absolute atomic E-state index is 13.3. The predicted octanol–water partition coefficient (Wildman–Crippen LogP) is 2.41. The summed E-state index contributed by atoms with van der Waals surface area (Å²) in [7, 11) is 1.53. The fourth-order valence-electron chi connectivity index (χ4n) is 3.11. The molecule has 8 heteroatoms. The number of hydrogen-bond donors (Lipinski definition) is 2. The van der Waals surface area contributed by atoms with Gasteiger partial charge in [-0.3, -0.25) is 14.6 Å². The molecule has 0 N–H and O–H groups in total. The number of carbonyl (C=O) groups is 2. The number of nitrogens with zero attached hydrogens (tertiary/aromatic N) is 4. The highest BCUT2D eigenvalue weighted by atomic mass is 32.1. The smallest absolute Gasteiger partial charge is 0.260 e. The lowest BCUT2D eigenvalue weighted by Gasteiger charge is -2.54. The number of thiol groups is 2. The Bertz CT molecular complexity index is 704. The maximum Gasteiger partial charge on any atom is 0.260 e. The molecule has 0 unspecified atom stereocenters. The Morgan fingerprint density at radius 2 is 2.04 bits per heavy atom. The molecule has 0 saturated carbocycles. The summed E-state index contributed by atoms with van der Waals surface area (Å²) in [6, 6.07) is 5.31. The Labute approximate surface area is 159 Å². The van der Waals surface area contributed by atoms with Gasteiger partial charge in [0.05, 0.1) is 12.1 Å². The van der Waals surface area contributed by atoms with Crippen LogP contribution in [0.4, 0.5) is 0 Å². The summed E-state index contributed by atoms with van der Waals surface area (Å²) in [6.45, 7) is 3.53. The number of hydrogen-bond acceptors (Lipinski definition) is 6. The lowest BCUT2D eigenvalue weighted by molar-refractivity contribution is -0.167. The van der Waals surface area contributed by atoms with Crippen molar-refractivity contribution >= 4 is 37.1 Å². The summed E-state index contributed by atoms with van der Waals surface area (Å²) in [4.78, 5) is 30.5. The molecular formula is C17H22N4O2S2. The van der Waals surface area contributed by atoms with E-state index in [0.717, 1.165) is 5.56 Å². The zero-order chi connectivity index (χ0) is 18.8. The van der Waals surface area contributed by atoms with Gasteiger partial charge in [-0.15, -0.1) is 25.3 Å². The quantitative estimate of drug-likeness (QED) is 0.772. The largest absolute Gasteiger partial charge is 0.320 e. The van der Waals surface area contributed by atoms with E-state index in [2.05, 4.69) is 30.2 Å². The molecule has 0 aliphatic carbocycles. The summed E-state index contributed by atoms with van der Waals surface area (Å²) in [6.07, 6.45) is 4.16. The summed E-state index contributed by atoms with van der Waals surface area (Å²) in [5.74, 6) is -0.660. The number of piperazine rings is 1. The lowest BCUT2D eigenvalue weighted by atomic mass is 9.94. The first kappa shape index (κ1) is 19.6. The van der Waals surface area contributed by atoms with Crippen LogP contribution in [-0.4, -0.2) is 43.4 Å². The van der Waals surface area contributed by atoms with Gasteiger partial charge in [-0.1, -0.05) is 13.0 Å². The van der Waals surface area contributed by atoms with Gasteiger partial charge in [0, 0.05) is 32.3 Å². The van der Waals surface area contributed by atoms with E-state index < -0.39 is 9.74 Å². The zero-order valence-corrected chi connectivity index (χ0v) is 16.3. The van der Waals surface area contributed by atoms with Crippen LogP contribution in [0.2, 0.25) is 0 Å². The lowest BCUT2D eigenvalue weighted by Crippen LogP contribution is -2.72. The number of nitriles is 1. The highest BCUT2D eigenvalue weighted by Gasteiger charge is 2.58. The van der Waals surface area contributed by atoms with Crippen molar-refractivity contribution in [1.29, 1.82) is 5.26 Å². The minimum absolute atomic E-state index is 0.111. The average Bonchev–Trinajstić information content (AvgIpc) is 2.61. The molecule has 2 heterocycles. The molecular weight excluding hydrogens is 356 g/mol. The van der Waals surface area contributed by atoms with E-state index >= 15 is 0 Å². The van der Waals surface area contributed by atoms with Crippen LogP contribution in [0.5, 0.6) is 0 Å². The van der Waals surface area contributed by atoms with Gasteiger partial charge in [0.15, 0.2) is 9.74 Å². The van der Waals surface area contributed by atoms with Gasteiger partial charge < -0.3 is 9.80 Å². The first-order chi connectivity index (χ1) is 11.7. The molecule has 6 nitrogen and oxygen atoms in total. The second-order valence-electron chi connectivity index (χ2n) is 6.25. The number of carbonyl (C=O) groups excluding carboxylic acids is 2. The predicted molar refractivity (Wildman–Crippen MR) is 101 cm³/mol. The molecule has 0 spiro atoms. The number of likely N-dealkylation sites (N-methyl/N-ethyl adjacent to an activating group) is 1. The minimum Gasteiger partial charge on any atom is -0.320 e. The highest BCUT2D eigenvalue weighted by molar-refractivity contribution is 7.83. The minimum atomic E-state index is -1.40. The molecule has 1 aromatic rings. The van der Waals surface area contributed by atoms with Crippen molar-refractivity contribution in [2.45, 2.75) is 48.9 Å². The van der Waals surface area contributed by atoms with Crippen LogP contribution in [0, 0.1) is 11.3 Å². The van der Waals surface area contributed by atoms with Crippen molar-refractivity contribution in [2.24, 2.45) is 0 Å². The molecule has 25 heavy (non-hydrogen) atoms. The van der Waals surface area contributed by atoms with Crippen molar-refractivity contribution in [3.63, 3.8) is 0 Å². The van der Waals surface area contributed by atoms with Crippen molar-refractivity contribution in [3.05, 3.63) is 30.1 Å². The van der Waals surface area contributed by atoms with Gasteiger partial charge in [-0.2, -0.15) is 5.26 Å². The van der Waals surface area contributed by atoms with Crippen molar-refractivity contribution in [2.75, 3.05) is 7.05 Å². The number of amides is 2. The molecule has 0 radical (unpaired) electrons. The summed E-state index contributed by atoms with van der Waals surface area (Å²) < 4.78 is 0. The molecule has 1 aromatic heterocycles. The van der Waals surface area contributed by atoms with E-state index in [-0.39, 0.29) is 30.7 Å². The average molecular weight is 379 g/mol. The summed E-state index contributed by atoms with van der Waals surface area (Å²) >= 11 is 9.06. The Morgan fingerprint density at radius 1 is 1.36 bits per heavy atom. The van der Waals surface area contributed by atoms with Gasteiger partial charge >= 0.3 is 0 Å². The third-order valence-corrected chi connectivity index (χ3v) is 5.80. The van der Waals surface area contributed by atoms with Gasteiger partial charge in [0.1, 0.15) is 0 Å². The molecule has 2 rings (SSSR count). The molecule has 3 atom stereocenters. The van der Waals surface area contributed by atoms with Crippen molar-refractivity contribution in [1.82, 2.24) is 14.8 Å². The molecule has 2 amide bonds. The Hall–Kier alpha value is -1.72. The monoisotopic (exact) mass is 378 g/mol. The standard InChI is InChI=1S/C17H22N4O2S2/c1-4-13(12-7-5-10-19-11-12)21-14(22)16(2,24)20(3)15(23)17(21,25)8-6-9-18/h5,7,10-11,13,24-25H,4,6,8H2,1-3H3/t13-,16+,17+/m1/s1. The number of pyridine rings is 1. The van der Waals surface area contributed by atoms with E-state index in [1.807, 2.05) is 19.1 Å². The van der Waals surface area contributed by atoms with E-state index in [1.165, 1.54) is 16.8 Å². The fraction of sp³-hybridized carbons (Fsp3) is 0.529. The molecule has 134 valence electrons. The third-order valence-electron chi connectivity index (χ3n) is 4.68. The summed E-state index contributed by atoms with van der Waals surface area (Å²) in [5.41, 5.74) is 0.815. The Morgan fingerprint density at radius 3 is 2.56 bits per heavy atom. The maximum atomic E-state index is 13.3. The molecule has 1 fully saturated rings. The normalized spacial score (nSPS) is 28.0. The van der Waals surface area contributed by atoms with Crippen LogP contribution in [-0.2, 0) is 9.59 Å². The van der Waals surface area contributed by atoms with E-state index in [1.54, 1.807) is 25.4 Å². The van der Waals surface area contributed by atoms with Crippen LogP contribution in [0.25, 0.3) is 0 Å². The van der Waals surface area contributed by atoms with E-state index in [0.29, 0.717) is 6.42 Å². The molecule has 0 aromatic carbocycles. The zero-order valence-electron chi connectivity index (χ0n) is 14.5. The highest BCUT2D eigenvalue weighted by Crippen LogP contribution is 2.45. The third kappa shape index (κ3) is 3.23. The van der Waals surface area contributed by atoms with Crippen molar-refractivity contribution in [3.8, 4) is 6.07 Å². The van der Waals surface area contributed by atoms with Crippen LogP contribution in [0.3, 0.4) is 0 Å². The van der Waals surface area contributed by atoms with Crippen LogP contribution in [0.1, 0.15) is 44.7 Å². The van der Waals surface area contributed by atoms with Gasteiger partial charge in [0.2, 0.25) is 0 Å². The van der Waals surface area contributed by atoms with Crippen LogP contribution < -0.4 is 0 Å². The molecule has 1 saturated heterocycles. The van der Waals surface area contributed by atoms with Gasteiger partial charge in [-0.25, -0.2) is 0 Å². The first-order valence-electron chi connectivity index (χ1n) is 8.05.